The Morgan fingerprint density at radius 3 is 2.87 bits per heavy atom. The van der Waals surface area contributed by atoms with Crippen molar-refractivity contribution in [1.29, 1.82) is 0 Å². The van der Waals surface area contributed by atoms with Crippen LogP contribution in [0.15, 0.2) is 23.0 Å². The normalized spacial score (nSPS) is 23.4. The van der Waals surface area contributed by atoms with Gasteiger partial charge in [0.2, 0.25) is 0 Å². The Labute approximate surface area is 90.2 Å². The van der Waals surface area contributed by atoms with Crippen molar-refractivity contribution in [3.05, 3.63) is 23.0 Å². The monoisotopic (exact) mass is 207 g/mol. The number of ether oxygens (including phenoxy) is 1. The second kappa shape index (κ2) is 4.51. The molecule has 0 amide bonds. The average Bonchev–Trinajstić information content (AvgIpc) is 2.29. The summed E-state index contributed by atoms with van der Waals surface area (Å²) in [5, 5.41) is 3.36. The molecule has 1 aliphatic carbocycles. The van der Waals surface area contributed by atoms with E-state index in [2.05, 4.69) is 10.1 Å². The van der Waals surface area contributed by atoms with E-state index in [1.54, 1.807) is 11.6 Å². The summed E-state index contributed by atoms with van der Waals surface area (Å²) in [5.41, 5.74) is 3.91. The van der Waals surface area contributed by atoms with Gasteiger partial charge in [-0.1, -0.05) is 5.57 Å². The Balaban J connectivity index is 2.07. The molecule has 0 saturated heterocycles. The SMILES string of the molecule is COC(=O)/C=C1\CCC2=C(CCCC2)N1. The lowest BCUT2D eigenvalue weighted by Gasteiger charge is -2.27. The van der Waals surface area contributed by atoms with E-state index in [0.29, 0.717) is 0 Å². The molecule has 1 N–H and O–H groups in total. The molecule has 0 atom stereocenters. The zero-order chi connectivity index (χ0) is 10.7. The van der Waals surface area contributed by atoms with Crippen LogP contribution in [0.4, 0.5) is 0 Å². The van der Waals surface area contributed by atoms with Gasteiger partial charge in [-0.25, -0.2) is 4.79 Å². The Hall–Kier alpha value is -1.25. The van der Waals surface area contributed by atoms with Gasteiger partial charge in [-0.3, -0.25) is 0 Å². The van der Waals surface area contributed by atoms with Crippen LogP contribution in [0.5, 0.6) is 0 Å². The van der Waals surface area contributed by atoms with Crippen LogP contribution in [0.3, 0.4) is 0 Å². The maximum atomic E-state index is 11.1. The summed E-state index contributed by atoms with van der Waals surface area (Å²) in [6, 6.07) is 0. The molecule has 0 fully saturated rings. The van der Waals surface area contributed by atoms with Crippen molar-refractivity contribution in [3.63, 3.8) is 0 Å². The molecule has 0 bridgehead atoms. The van der Waals surface area contributed by atoms with Crippen LogP contribution in [0.1, 0.15) is 38.5 Å². The Morgan fingerprint density at radius 1 is 1.27 bits per heavy atom. The maximum absolute atomic E-state index is 11.1. The maximum Gasteiger partial charge on any atom is 0.332 e. The van der Waals surface area contributed by atoms with Crippen LogP contribution in [0.2, 0.25) is 0 Å². The van der Waals surface area contributed by atoms with Gasteiger partial charge < -0.3 is 10.1 Å². The summed E-state index contributed by atoms with van der Waals surface area (Å²) in [7, 11) is 1.41. The summed E-state index contributed by atoms with van der Waals surface area (Å²) in [6.07, 6.45) is 8.55. The second-order valence-corrected chi connectivity index (χ2v) is 4.11. The third kappa shape index (κ3) is 2.41. The van der Waals surface area contributed by atoms with Crippen LogP contribution in [-0.2, 0) is 9.53 Å². The largest absolute Gasteiger partial charge is 0.466 e. The Morgan fingerprint density at radius 2 is 2.07 bits per heavy atom. The number of hydrogen-bond acceptors (Lipinski definition) is 3. The van der Waals surface area contributed by atoms with Gasteiger partial charge in [0.1, 0.15) is 0 Å². The zero-order valence-electron chi connectivity index (χ0n) is 9.14. The number of methoxy groups -OCH3 is 1. The number of esters is 1. The second-order valence-electron chi connectivity index (χ2n) is 4.11. The Bertz CT molecular complexity index is 329. The van der Waals surface area contributed by atoms with Crippen LogP contribution >= 0.6 is 0 Å². The molecule has 0 aromatic carbocycles. The first-order chi connectivity index (χ1) is 7.29. The minimum absolute atomic E-state index is 0.266. The van der Waals surface area contributed by atoms with Gasteiger partial charge in [-0.15, -0.1) is 0 Å². The molecule has 1 heterocycles. The molecular weight excluding hydrogens is 190 g/mol. The third-order valence-corrected chi connectivity index (χ3v) is 3.08. The van der Waals surface area contributed by atoms with Gasteiger partial charge in [0, 0.05) is 17.5 Å². The smallest absolute Gasteiger partial charge is 0.332 e. The highest BCUT2D eigenvalue weighted by molar-refractivity contribution is 5.82. The molecular formula is C12H17NO2. The molecule has 0 aromatic rings. The molecule has 0 spiro atoms. The zero-order valence-corrected chi connectivity index (χ0v) is 9.14. The lowest BCUT2D eigenvalue weighted by molar-refractivity contribution is -0.134. The fraction of sp³-hybridized carbons (Fsp3) is 0.583. The number of nitrogens with one attached hydrogen (secondary N) is 1. The van der Waals surface area contributed by atoms with Crippen molar-refractivity contribution in [2.45, 2.75) is 38.5 Å². The number of carbonyl (C=O) groups excluding carboxylic acids is 1. The summed E-state index contributed by atoms with van der Waals surface area (Å²) in [6.45, 7) is 0. The van der Waals surface area contributed by atoms with E-state index in [4.69, 9.17) is 0 Å². The number of allylic oxidation sites excluding steroid dienone is 3. The topological polar surface area (TPSA) is 38.3 Å². The summed E-state index contributed by atoms with van der Waals surface area (Å²) in [5.74, 6) is -0.266. The molecule has 15 heavy (non-hydrogen) atoms. The van der Waals surface area contributed by atoms with Gasteiger partial charge in [-0.05, 0) is 38.5 Å². The molecule has 3 nitrogen and oxygen atoms in total. The first-order valence-corrected chi connectivity index (χ1v) is 5.56. The van der Waals surface area contributed by atoms with Crippen molar-refractivity contribution in [2.24, 2.45) is 0 Å². The molecule has 0 aromatic heterocycles. The van der Waals surface area contributed by atoms with Crippen molar-refractivity contribution >= 4 is 5.97 Å². The first kappa shape index (κ1) is 10.3. The van der Waals surface area contributed by atoms with E-state index < -0.39 is 0 Å². The van der Waals surface area contributed by atoms with Crippen molar-refractivity contribution in [2.75, 3.05) is 7.11 Å². The van der Waals surface area contributed by atoms with Crippen LogP contribution < -0.4 is 5.32 Å². The predicted molar refractivity (Wildman–Crippen MR) is 58.0 cm³/mol. The quantitative estimate of drug-likeness (QED) is 0.529. The molecule has 0 unspecified atom stereocenters. The molecule has 2 rings (SSSR count). The summed E-state index contributed by atoms with van der Waals surface area (Å²) < 4.78 is 4.62. The number of rotatable bonds is 1. The lowest BCUT2D eigenvalue weighted by atomic mass is 9.89. The predicted octanol–water partition coefficient (Wildman–Crippen LogP) is 2.25. The van der Waals surface area contributed by atoms with Crippen LogP contribution in [0.25, 0.3) is 0 Å². The van der Waals surface area contributed by atoms with Crippen LogP contribution in [0, 0.1) is 0 Å². The summed E-state index contributed by atoms with van der Waals surface area (Å²) in [4.78, 5) is 11.1. The average molecular weight is 207 g/mol. The van der Waals surface area contributed by atoms with Crippen molar-refractivity contribution in [3.8, 4) is 0 Å². The molecule has 1 aliphatic heterocycles. The van der Waals surface area contributed by atoms with E-state index >= 15 is 0 Å². The minimum Gasteiger partial charge on any atom is -0.466 e. The van der Waals surface area contributed by atoms with Gasteiger partial charge in [0.15, 0.2) is 0 Å². The number of hydrogen-bond donors (Lipinski definition) is 1. The third-order valence-electron chi connectivity index (χ3n) is 3.08. The minimum atomic E-state index is -0.266. The molecule has 0 saturated carbocycles. The highest BCUT2D eigenvalue weighted by Crippen LogP contribution is 2.31. The van der Waals surface area contributed by atoms with E-state index in [9.17, 15) is 4.79 Å². The van der Waals surface area contributed by atoms with Gasteiger partial charge >= 0.3 is 5.97 Å². The van der Waals surface area contributed by atoms with Gasteiger partial charge in [-0.2, -0.15) is 0 Å². The van der Waals surface area contributed by atoms with Crippen molar-refractivity contribution < 1.29 is 9.53 Å². The van der Waals surface area contributed by atoms with Crippen molar-refractivity contribution in [1.82, 2.24) is 5.32 Å². The van der Waals surface area contributed by atoms with Gasteiger partial charge in [0.25, 0.3) is 0 Å². The first-order valence-electron chi connectivity index (χ1n) is 5.56. The van der Waals surface area contributed by atoms with Crippen LogP contribution in [-0.4, -0.2) is 13.1 Å². The fourth-order valence-corrected chi connectivity index (χ4v) is 2.25. The molecule has 3 heteroatoms. The summed E-state index contributed by atoms with van der Waals surface area (Å²) >= 11 is 0. The fourth-order valence-electron chi connectivity index (χ4n) is 2.25. The van der Waals surface area contributed by atoms with E-state index in [1.165, 1.54) is 32.1 Å². The standard InChI is InChI=1S/C12H17NO2/c1-15-12(14)8-10-7-6-9-4-2-3-5-11(9)13-10/h8,13H,2-7H2,1H3/b10-8+. The van der Waals surface area contributed by atoms with E-state index in [0.717, 1.165) is 25.0 Å². The van der Waals surface area contributed by atoms with E-state index in [-0.39, 0.29) is 5.97 Å². The Kier molecular flexibility index (Phi) is 3.09. The molecule has 2 aliphatic rings. The highest BCUT2D eigenvalue weighted by atomic mass is 16.5. The lowest BCUT2D eigenvalue weighted by Crippen LogP contribution is -2.23. The number of carbonyl (C=O) groups is 1. The highest BCUT2D eigenvalue weighted by Gasteiger charge is 2.18. The van der Waals surface area contributed by atoms with E-state index in [1.807, 2.05) is 0 Å². The molecule has 0 radical (unpaired) electrons. The van der Waals surface area contributed by atoms with Gasteiger partial charge in [0.05, 0.1) is 7.11 Å². The molecule has 82 valence electrons.